The van der Waals surface area contributed by atoms with Gasteiger partial charge in [0, 0.05) is 10.8 Å². The lowest BCUT2D eigenvalue weighted by atomic mass is 10.2. The third kappa shape index (κ3) is 3.24. The van der Waals surface area contributed by atoms with Crippen LogP contribution in [0.4, 0.5) is 0 Å². The molecule has 0 aliphatic heterocycles. The van der Waals surface area contributed by atoms with Gasteiger partial charge in [0.1, 0.15) is 0 Å². The van der Waals surface area contributed by atoms with Gasteiger partial charge in [-0.2, -0.15) is 0 Å². The Hall–Kier alpha value is -1.57. The second-order valence-corrected chi connectivity index (χ2v) is 2.83. The molecule has 1 N–H and O–H groups in total. The summed E-state index contributed by atoms with van der Waals surface area (Å²) in [7, 11) is 0. The van der Waals surface area contributed by atoms with Gasteiger partial charge in [0.25, 0.3) is 5.35 Å². The summed E-state index contributed by atoms with van der Waals surface area (Å²) in [5.41, 5.74) is 1.12. The van der Waals surface area contributed by atoms with E-state index in [1.807, 2.05) is 45.9 Å². The van der Waals surface area contributed by atoms with Gasteiger partial charge in [-0.15, -0.1) is 0 Å². The largest absolute Gasteiger partial charge is 0.285 e. The molecule has 0 saturated carbocycles. The molecule has 2 heteroatoms. The molecule has 0 spiro atoms. The molecule has 15 heavy (non-hydrogen) atoms. The predicted octanol–water partition coefficient (Wildman–Crippen LogP) is 1.31. The summed E-state index contributed by atoms with van der Waals surface area (Å²) < 4.78 is 1.11. The summed E-state index contributed by atoms with van der Waals surface area (Å²) in [4.78, 5) is 0. The Morgan fingerprint density at radius 2 is 2.00 bits per heavy atom. The van der Waals surface area contributed by atoms with Gasteiger partial charge >= 0.3 is 0 Å². The van der Waals surface area contributed by atoms with E-state index >= 15 is 0 Å². The third-order valence-electron chi connectivity index (χ3n) is 1.97. The zero-order chi connectivity index (χ0) is 11.8. The normalized spacial score (nSPS) is 12.0. The van der Waals surface area contributed by atoms with Crippen LogP contribution in [0.25, 0.3) is 12.2 Å². The quantitative estimate of drug-likeness (QED) is 0.544. The highest BCUT2D eigenvalue weighted by Gasteiger charge is 2.02. The molecule has 0 aliphatic carbocycles. The topological polar surface area (TPSA) is 24.1 Å². The van der Waals surface area contributed by atoms with E-state index in [1.165, 1.54) is 0 Å². The van der Waals surface area contributed by atoms with Crippen LogP contribution in [0.3, 0.4) is 0 Å². The average molecular weight is 206 g/mol. The standard InChI is InChI=1S/C11H14NO.C2H6/c1-4-6-10-9(3)7-8-12(13)11(10)5-2;1-2/h4-8,13H,1H2,2-3H3;1-2H3/q+1;/b10-6-,11-5+;. The van der Waals surface area contributed by atoms with E-state index in [0.717, 1.165) is 20.9 Å². The first kappa shape index (κ1) is 13.4. The number of hydrogen-bond donors (Lipinski definition) is 1. The van der Waals surface area contributed by atoms with Crippen LogP contribution in [-0.4, -0.2) is 5.21 Å². The second-order valence-electron chi connectivity index (χ2n) is 2.83. The molecule has 2 nitrogen and oxygen atoms in total. The van der Waals surface area contributed by atoms with Gasteiger partial charge in [0.2, 0.25) is 6.20 Å². The maximum atomic E-state index is 9.47. The Morgan fingerprint density at radius 3 is 2.47 bits per heavy atom. The number of allylic oxidation sites excluding steroid dienone is 1. The van der Waals surface area contributed by atoms with Crippen molar-refractivity contribution in [2.24, 2.45) is 0 Å². The lowest BCUT2D eigenvalue weighted by molar-refractivity contribution is -0.915. The van der Waals surface area contributed by atoms with E-state index in [0.29, 0.717) is 0 Å². The fourth-order valence-electron chi connectivity index (χ4n) is 1.30. The summed E-state index contributed by atoms with van der Waals surface area (Å²) in [5, 5.41) is 11.3. The van der Waals surface area contributed by atoms with Crippen LogP contribution in [0.1, 0.15) is 26.3 Å². The van der Waals surface area contributed by atoms with Gasteiger partial charge in [-0.25, -0.2) is 0 Å². The van der Waals surface area contributed by atoms with E-state index in [2.05, 4.69) is 6.58 Å². The van der Waals surface area contributed by atoms with Crippen molar-refractivity contribution in [2.75, 3.05) is 0 Å². The Bertz CT molecular complexity index is 433. The Kier molecular flexibility index (Phi) is 6.11. The molecule has 82 valence electrons. The van der Waals surface area contributed by atoms with Crippen molar-refractivity contribution in [3.05, 3.63) is 41.0 Å². The maximum absolute atomic E-state index is 9.47. The molecule has 0 atom stereocenters. The van der Waals surface area contributed by atoms with Gasteiger partial charge in [0.15, 0.2) is 0 Å². The molecular formula is C13H20NO+. The summed E-state index contributed by atoms with van der Waals surface area (Å²) in [6.07, 6.45) is 7.10. The van der Waals surface area contributed by atoms with Crippen LogP contribution in [0.2, 0.25) is 0 Å². The van der Waals surface area contributed by atoms with Crippen molar-refractivity contribution in [1.82, 2.24) is 0 Å². The molecule has 0 fully saturated rings. The molecular weight excluding hydrogens is 186 g/mol. The monoisotopic (exact) mass is 206 g/mol. The Balaban J connectivity index is 0.000000921. The zero-order valence-electron chi connectivity index (χ0n) is 9.99. The van der Waals surface area contributed by atoms with Gasteiger partial charge in [-0.1, -0.05) is 26.5 Å². The molecule has 0 radical (unpaired) electrons. The highest BCUT2D eigenvalue weighted by atomic mass is 16.5. The van der Waals surface area contributed by atoms with Crippen molar-refractivity contribution in [2.45, 2.75) is 27.7 Å². The molecule has 1 heterocycles. The number of pyridine rings is 1. The minimum Gasteiger partial charge on any atom is -0.285 e. The van der Waals surface area contributed by atoms with Crippen molar-refractivity contribution in [3.63, 3.8) is 0 Å². The van der Waals surface area contributed by atoms with Crippen LogP contribution in [0.15, 0.2) is 24.9 Å². The first-order chi connectivity index (χ1) is 7.20. The smallest absolute Gasteiger partial charge is 0.260 e. The molecule has 0 aliphatic rings. The molecule has 0 aromatic carbocycles. The summed E-state index contributed by atoms with van der Waals surface area (Å²) in [6.45, 7) is 11.5. The molecule has 1 aromatic heterocycles. The lowest BCUT2D eigenvalue weighted by Gasteiger charge is -1.91. The van der Waals surface area contributed by atoms with Crippen molar-refractivity contribution in [1.29, 1.82) is 0 Å². The first-order valence-electron chi connectivity index (χ1n) is 5.20. The summed E-state index contributed by atoms with van der Waals surface area (Å²) in [5.74, 6) is 0. The van der Waals surface area contributed by atoms with Gasteiger partial charge in [0.05, 0.1) is 5.22 Å². The summed E-state index contributed by atoms with van der Waals surface area (Å²) >= 11 is 0. The fraction of sp³-hybridized carbons (Fsp3) is 0.308. The first-order valence-corrected chi connectivity index (χ1v) is 5.20. The Labute approximate surface area is 91.5 Å². The van der Waals surface area contributed by atoms with Gasteiger partial charge in [-0.05, 0) is 31.6 Å². The van der Waals surface area contributed by atoms with Gasteiger partial charge < -0.3 is 0 Å². The van der Waals surface area contributed by atoms with E-state index in [9.17, 15) is 5.21 Å². The second kappa shape index (κ2) is 6.82. The zero-order valence-corrected chi connectivity index (χ0v) is 9.99. The minimum atomic E-state index is 0.792. The number of nitrogens with zero attached hydrogens (tertiary/aromatic N) is 1. The van der Waals surface area contributed by atoms with Crippen molar-refractivity contribution in [3.8, 4) is 0 Å². The SMILES string of the molecule is C=C/C=c1/c(C)cc[n+](O)/c1=C/C.CC. The van der Waals surface area contributed by atoms with E-state index in [-0.39, 0.29) is 0 Å². The molecule has 1 rings (SSSR count). The lowest BCUT2D eigenvalue weighted by Crippen LogP contribution is -2.55. The van der Waals surface area contributed by atoms with Crippen LogP contribution in [0.5, 0.6) is 0 Å². The summed E-state index contributed by atoms with van der Waals surface area (Å²) in [6, 6.07) is 1.86. The highest BCUT2D eigenvalue weighted by Crippen LogP contribution is 1.80. The van der Waals surface area contributed by atoms with Crippen LogP contribution < -0.4 is 15.3 Å². The number of aromatic nitrogens is 1. The van der Waals surface area contributed by atoms with Crippen molar-refractivity contribution >= 4 is 12.2 Å². The van der Waals surface area contributed by atoms with E-state index < -0.39 is 0 Å². The number of hydrogen-bond acceptors (Lipinski definition) is 1. The number of aryl methyl sites for hydroxylation is 1. The van der Waals surface area contributed by atoms with Crippen LogP contribution in [0, 0.1) is 6.92 Å². The van der Waals surface area contributed by atoms with Crippen LogP contribution in [-0.2, 0) is 0 Å². The highest BCUT2D eigenvalue weighted by molar-refractivity contribution is 5.38. The molecule has 0 amide bonds. The van der Waals surface area contributed by atoms with Crippen LogP contribution >= 0.6 is 0 Å². The van der Waals surface area contributed by atoms with E-state index in [1.54, 1.807) is 12.3 Å². The Morgan fingerprint density at radius 1 is 1.40 bits per heavy atom. The van der Waals surface area contributed by atoms with Crippen molar-refractivity contribution < 1.29 is 9.94 Å². The predicted molar refractivity (Wildman–Crippen MR) is 64.0 cm³/mol. The maximum Gasteiger partial charge on any atom is 0.260 e. The minimum absolute atomic E-state index is 0.792. The van der Waals surface area contributed by atoms with Gasteiger partial charge in [-0.3, -0.25) is 5.21 Å². The molecule has 1 aromatic rings. The third-order valence-corrected chi connectivity index (χ3v) is 1.97. The molecule has 0 saturated heterocycles. The number of rotatable bonds is 1. The fourth-order valence-corrected chi connectivity index (χ4v) is 1.30. The molecule has 0 unspecified atom stereocenters. The average Bonchev–Trinajstić information content (AvgIpc) is 2.27. The van der Waals surface area contributed by atoms with E-state index in [4.69, 9.17) is 0 Å². The molecule has 0 bridgehead atoms.